The molecule has 1 heterocycles. The molecule has 1 aromatic heterocycles. The van der Waals surface area contributed by atoms with Crippen LogP contribution in [0.4, 0.5) is 0 Å². The van der Waals surface area contributed by atoms with Crippen LogP contribution in [-0.4, -0.2) is 5.78 Å². The van der Waals surface area contributed by atoms with Gasteiger partial charge in [-0.25, -0.2) is 0 Å². The summed E-state index contributed by atoms with van der Waals surface area (Å²) in [7, 11) is 0. The van der Waals surface area contributed by atoms with Crippen LogP contribution in [0, 0.1) is 11.3 Å². The van der Waals surface area contributed by atoms with Crippen LogP contribution < -0.4 is 0 Å². The normalized spacial score (nSPS) is 13.8. The van der Waals surface area contributed by atoms with Gasteiger partial charge in [-0.05, 0) is 29.2 Å². The minimum Gasteiger partial charge on any atom is -0.300 e. The average molecular weight is 238 g/mol. The van der Waals surface area contributed by atoms with E-state index in [-0.39, 0.29) is 5.41 Å². The van der Waals surface area contributed by atoms with Gasteiger partial charge in [0, 0.05) is 17.7 Å². The summed E-state index contributed by atoms with van der Waals surface area (Å²) in [6, 6.07) is 4.15. The molecule has 16 heavy (non-hydrogen) atoms. The maximum Gasteiger partial charge on any atom is 0.133 e. The minimum absolute atomic E-state index is 0.235. The van der Waals surface area contributed by atoms with Crippen LogP contribution in [0.3, 0.4) is 0 Å². The van der Waals surface area contributed by atoms with E-state index < -0.39 is 0 Å². The van der Waals surface area contributed by atoms with Crippen molar-refractivity contribution in [1.82, 2.24) is 0 Å². The Labute approximate surface area is 103 Å². The van der Waals surface area contributed by atoms with E-state index in [0.717, 1.165) is 12.8 Å². The molecule has 1 atom stereocenters. The highest BCUT2D eigenvalue weighted by Crippen LogP contribution is 2.28. The zero-order chi connectivity index (χ0) is 12.2. The van der Waals surface area contributed by atoms with Crippen LogP contribution >= 0.6 is 11.3 Å². The number of ketones is 1. The van der Waals surface area contributed by atoms with Crippen molar-refractivity contribution in [2.24, 2.45) is 11.3 Å². The van der Waals surface area contributed by atoms with Gasteiger partial charge < -0.3 is 0 Å². The third kappa shape index (κ3) is 4.48. The first-order chi connectivity index (χ1) is 7.39. The summed E-state index contributed by atoms with van der Waals surface area (Å²) in [5, 5.41) is 2.07. The summed E-state index contributed by atoms with van der Waals surface area (Å²) in [5.41, 5.74) is 0.235. The smallest absolute Gasteiger partial charge is 0.133 e. The van der Waals surface area contributed by atoms with Crippen molar-refractivity contribution in [3.8, 4) is 0 Å². The molecule has 0 aliphatic carbocycles. The lowest BCUT2D eigenvalue weighted by Gasteiger charge is -2.26. The molecule has 0 bridgehead atoms. The van der Waals surface area contributed by atoms with Gasteiger partial charge in [0.1, 0.15) is 5.78 Å². The molecule has 2 heteroatoms. The summed E-state index contributed by atoms with van der Waals surface area (Å²) in [6.45, 7) is 8.77. The third-order valence-corrected chi connectivity index (χ3v) is 4.18. The number of carbonyl (C=O) groups is 1. The predicted molar refractivity (Wildman–Crippen MR) is 70.9 cm³/mol. The lowest BCUT2D eigenvalue weighted by atomic mass is 9.79. The molecule has 0 saturated carbocycles. The highest BCUT2D eigenvalue weighted by molar-refractivity contribution is 7.09. The molecular weight excluding hydrogens is 216 g/mol. The average Bonchev–Trinajstić information content (AvgIpc) is 2.65. The fourth-order valence-corrected chi connectivity index (χ4v) is 2.18. The van der Waals surface area contributed by atoms with Gasteiger partial charge in [0.15, 0.2) is 0 Å². The molecule has 0 aromatic carbocycles. The van der Waals surface area contributed by atoms with Gasteiger partial charge in [-0.1, -0.05) is 33.8 Å². The van der Waals surface area contributed by atoms with E-state index in [0.29, 0.717) is 18.1 Å². The van der Waals surface area contributed by atoms with Crippen LogP contribution in [0.2, 0.25) is 0 Å². The van der Waals surface area contributed by atoms with E-state index in [1.54, 1.807) is 11.3 Å². The molecule has 1 aromatic rings. The number of thiophene rings is 1. The van der Waals surface area contributed by atoms with Gasteiger partial charge >= 0.3 is 0 Å². The van der Waals surface area contributed by atoms with E-state index >= 15 is 0 Å². The van der Waals surface area contributed by atoms with Gasteiger partial charge in [-0.15, -0.1) is 11.3 Å². The molecule has 0 aliphatic heterocycles. The Kier molecular flexibility index (Phi) is 4.72. The zero-order valence-electron chi connectivity index (χ0n) is 10.7. The first-order valence-electron chi connectivity index (χ1n) is 5.93. The number of aryl methyl sites for hydroxylation is 1. The monoisotopic (exact) mass is 238 g/mol. The summed E-state index contributed by atoms with van der Waals surface area (Å²) in [4.78, 5) is 13.1. The Morgan fingerprint density at radius 2 is 2.12 bits per heavy atom. The second kappa shape index (κ2) is 5.62. The maximum atomic E-state index is 11.8. The van der Waals surface area contributed by atoms with Crippen molar-refractivity contribution in [2.45, 2.75) is 47.0 Å². The topological polar surface area (TPSA) is 17.1 Å². The van der Waals surface area contributed by atoms with Gasteiger partial charge in [0.05, 0.1) is 0 Å². The van der Waals surface area contributed by atoms with Crippen LogP contribution in [0.25, 0.3) is 0 Å². The second-order valence-electron chi connectivity index (χ2n) is 5.59. The van der Waals surface area contributed by atoms with Crippen molar-refractivity contribution in [2.75, 3.05) is 0 Å². The molecule has 0 spiro atoms. The van der Waals surface area contributed by atoms with E-state index in [1.165, 1.54) is 4.88 Å². The Bertz CT molecular complexity index is 319. The standard InChI is InChI=1S/C14H22OS/c1-11(14(2,3)4)10-12(15)7-8-13-6-5-9-16-13/h5-6,9,11H,7-8,10H2,1-4H3. The highest BCUT2D eigenvalue weighted by Gasteiger charge is 2.22. The Morgan fingerprint density at radius 1 is 1.44 bits per heavy atom. The molecule has 0 radical (unpaired) electrons. The predicted octanol–water partition coefficient (Wildman–Crippen LogP) is 4.32. The Morgan fingerprint density at radius 3 is 2.62 bits per heavy atom. The molecule has 0 saturated heterocycles. The first kappa shape index (κ1) is 13.4. The molecule has 1 nitrogen and oxygen atoms in total. The number of hydrogen-bond acceptors (Lipinski definition) is 2. The summed E-state index contributed by atoms with van der Waals surface area (Å²) >= 11 is 1.74. The molecule has 0 fully saturated rings. The molecule has 0 amide bonds. The molecule has 90 valence electrons. The summed E-state index contributed by atoms with van der Waals surface area (Å²) in [6.07, 6.45) is 2.32. The molecular formula is C14H22OS. The van der Waals surface area contributed by atoms with E-state index in [4.69, 9.17) is 0 Å². The largest absolute Gasteiger partial charge is 0.300 e. The Balaban J connectivity index is 2.31. The van der Waals surface area contributed by atoms with Crippen molar-refractivity contribution in [3.63, 3.8) is 0 Å². The number of carbonyl (C=O) groups excluding carboxylic acids is 1. The van der Waals surface area contributed by atoms with Gasteiger partial charge in [0.25, 0.3) is 0 Å². The minimum atomic E-state index is 0.235. The first-order valence-corrected chi connectivity index (χ1v) is 6.81. The summed E-state index contributed by atoms with van der Waals surface area (Å²) < 4.78 is 0. The lowest BCUT2D eigenvalue weighted by molar-refractivity contribution is -0.120. The van der Waals surface area contributed by atoms with Crippen molar-refractivity contribution >= 4 is 17.1 Å². The second-order valence-corrected chi connectivity index (χ2v) is 6.62. The van der Waals surface area contributed by atoms with E-state index in [1.807, 2.05) is 6.07 Å². The quantitative estimate of drug-likeness (QED) is 0.746. The molecule has 0 N–H and O–H groups in total. The van der Waals surface area contributed by atoms with Crippen molar-refractivity contribution in [3.05, 3.63) is 22.4 Å². The van der Waals surface area contributed by atoms with Crippen molar-refractivity contribution < 1.29 is 4.79 Å². The van der Waals surface area contributed by atoms with Gasteiger partial charge in [0.2, 0.25) is 0 Å². The highest BCUT2D eigenvalue weighted by atomic mass is 32.1. The fraction of sp³-hybridized carbons (Fsp3) is 0.643. The van der Waals surface area contributed by atoms with Crippen LogP contribution in [0.5, 0.6) is 0 Å². The maximum absolute atomic E-state index is 11.8. The number of hydrogen-bond donors (Lipinski definition) is 0. The molecule has 0 aliphatic rings. The molecule has 1 rings (SSSR count). The number of Topliss-reactive ketones (excluding diaryl/α,β-unsaturated/α-hetero) is 1. The van der Waals surface area contributed by atoms with Gasteiger partial charge in [-0.2, -0.15) is 0 Å². The summed E-state index contributed by atoms with van der Waals surface area (Å²) in [5.74, 6) is 0.860. The molecule has 1 unspecified atom stereocenters. The number of rotatable bonds is 5. The van der Waals surface area contributed by atoms with Crippen molar-refractivity contribution in [1.29, 1.82) is 0 Å². The SMILES string of the molecule is CC(CC(=O)CCc1cccs1)C(C)(C)C. The lowest BCUT2D eigenvalue weighted by Crippen LogP contribution is -2.20. The van der Waals surface area contributed by atoms with Crippen LogP contribution in [0.15, 0.2) is 17.5 Å². The fourth-order valence-electron chi connectivity index (χ4n) is 1.47. The van der Waals surface area contributed by atoms with E-state index in [9.17, 15) is 4.79 Å². The van der Waals surface area contributed by atoms with Gasteiger partial charge in [-0.3, -0.25) is 4.79 Å². The zero-order valence-corrected chi connectivity index (χ0v) is 11.6. The van der Waals surface area contributed by atoms with Crippen LogP contribution in [-0.2, 0) is 11.2 Å². The third-order valence-electron chi connectivity index (χ3n) is 3.24. The Hall–Kier alpha value is -0.630. The van der Waals surface area contributed by atoms with Crippen LogP contribution in [0.1, 0.15) is 45.4 Å². The van der Waals surface area contributed by atoms with E-state index in [2.05, 4.69) is 39.1 Å².